The topological polar surface area (TPSA) is 136 Å². The molecule has 0 radical (unpaired) electrons. The Hall–Kier alpha value is -3.11. The van der Waals surface area contributed by atoms with Crippen molar-refractivity contribution in [1.82, 2.24) is 19.7 Å². The molecule has 1 aliphatic rings. The minimum Gasteiger partial charge on any atom is -0.493 e. The molecule has 9 nitrogen and oxygen atoms in total. The van der Waals surface area contributed by atoms with Crippen molar-refractivity contribution in [2.24, 2.45) is 5.92 Å². The molecule has 0 spiro atoms. The van der Waals surface area contributed by atoms with Crippen molar-refractivity contribution in [2.75, 3.05) is 5.73 Å². The number of anilines is 1. The molecule has 3 aromatic rings. The number of aromatic hydroxyl groups is 1. The SMILES string of the molecule is CC(c1cc(Oc2c(Cl)cc(-n3nc(N)c(=O)[nH]c3=O)c(F)c2Cl)cnc1O)C1CC1. The fraction of sp³-hybridized carbons (Fsp3) is 0.263. The molecule has 1 aromatic carbocycles. The van der Waals surface area contributed by atoms with Crippen LogP contribution in [0.2, 0.25) is 10.0 Å². The first-order valence-corrected chi connectivity index (χ1v) is 9.96. The molecule has 2 heterocycles. The average molecular weight is 468 g/mol. The maximum absolute atomic E-state index is 15.0. The molecule has 2 aromatic heterocycles. The van der Waals surface area contributed by atoms with E-state index in [1.54, 1.807) is 6.07 Å². The van der Waals surface area contributed by atoms with Crippen LogP contribution in [0.3, 0.4) is 0 Å². The number of aromatic nitrogens is 4. The summed E-state index contributed by atoms with van der Waals surface area (Å²) in [6, 6.07) is 2.66. The number of hydrogen-bond donors (Lipinski definition) is 3. The maximum Gasteiger partial charge on any atom is 0.349 e. The van der Waals surface area contributed by atoms with E-state index in [1.807, 2.05) is 11.9 Å². The van der Waals surface area contributed by atoms with E-state index in [0.29, 0.717) is 16.2 Å². The highest BCUT2D eigenvalue weighted by Gasteiger charge is 2.31. The van der Waals surface area contributed by atoms with E-state index >= 15 is 0 Å². The standard InChI is InChI=1S/C19H16Cl2FN5O4/c1-7(8-2-3-8)10-4-9(6-24-17(10)28)31-15-11(20)5-12(14(22)13(15)21)27-19(30)25-18(29)16(23)26-27/h4-8H,2-3H2,1H3,(H2,23,26)(H,24,28)(H,25,29,30). The fourth-order valence-corrected chi connectivity index (χ4v) is 3.72. The van der Waals surface area contributed by atoms with Gasteiger partial charge in [-0.1, -0.05) is 30.1 Å². The molecular weight excluding hydrogens is 452 g/mol. The van der Waals surface area contributed by atoms with Crippen molar-refractivity contribution in [2.45, 2.75) is 25.7 Å². The molecule has 12 heteroatoms. The third kappa shape index (κ3) is 3.96. The first-order valence-electron chi connectivity index (χ1n) is 9.21. The Balaban J connectivity index is 1.74. The Kier molecular flexibility index (Phi) is 5.36. The zero-order valence-electron chi connectivity index (χ0n) is 16.0. The minimum atomic E-state index is -1.07. The number of nitrogen functional groups attached to an aromatic ring is 1. The van der Waals surface area contributed by atoms with Gasteiger partial charge in [0.2, 0.25) is 11.7 Å². The van der Waals surface area contributed by atoms with Crippen LogP contribution >= 0.6 is 23.2 Å². The molecule has 162 valence electrons. The largest absolute Gasteiger partial charge is 0.493 e. The van der Waals surface area contributed by atoms with E-state index in [4.69, 9.17) is 33.7 Å². The van der Waals surface area contributed by atoms with Gasteiger partial charge in [-0.15, -0.1) is 5.10 Å². The van der Waals surface area contributed by atoms with Crippen LogP contribution in [-0.2, 0) is 0 Å². The van der Waals surface area contributed by atoms with E-state index in [2.05, 4.69) is 10.1 Å². The normalized spacial score (nSPS) is 14.5. The van der Waals surface area contributed by atoms with Crippen molar-refractivity contribution in [3.05, 3.63) is 60.6 Å². The van der Waals surface area contributed by atoms with Crippen molar-refractivity contribution >= 4 is 29.0 Å². The lowest BCUT2D eigenvalue weighted by atomic mass is 9.97. The van der Waals surface area contributed by atoms with Crippen LogP contribution in [0.25, 0.3) is 5.69 Å². The van der Waals surface area contributed by atoms with Crippen LogP contribution in [0, 0.1) is 11.7 Å². The summed E-state index contributed by atoms with van der Waals surface area (Å²) in [6.07, 6.45) is 3.39. The smallest absolute Gasteiger partial charge is 0.349 e. The lowest BCUT2D eigenvalue weighted by Crippen LogP contribution is -2.33. The first kappa shape index (κ1) is 21.1. The van der Waals surface area contributed by atoms with Crippen molar-refractivity contribution in [1.29, 1.82) is 0 Å². The molecule has 1 saturated carbocycles. The third-order valence-electron chi connectivity index (χ3n) is 5.09. The number of hydrogen-bond acceptors (Lipinski definition) is 7. The molecule has 1 unspecified atom stereocenters. The number of aromatic amines is 1. The zero-order valence-corrected chi connectivity index (χ0v) is 17.5. The van der Waals surface area contributed by atoms with Gasteiger partial charge in [0.25, 0.3) is 5.56 Å². The minimum absolute atomic E-state index is 0.0738. The van der Waals surface area contributed by atoms with Gasteiger partial charge in [-0.2, -0.15) is 4.68 Å². The van der Waals surface area contributed by atoms with Crippen LogP contribution in [0.5, 0.6) is 17.4 Å². The highest BCUT2D eigenvalue weighted by atomic mass is 35.5. The summed E-state index contributed by atoms with van der Waals surface area (Å²) in [5, 5.41) is 13.0. The molecular formula is C19H16Cl2FN5O4. The van der Waals surface area contributed by atoms with Crippen LogP contribution in [0.1, 0.15) is 31.2 Å². The summed E-state index contributed by atoms with van der Waals surface area (Å²) in [4.78, 5) is 29.2. The second-order valence-electron chi connectivity index (χ2n) is 7.20. The summed E-state index contributed by atoms with van der Waals surface area (Å²) in [7, 11) is 0. The molecule has 1 aliphatic carbocycles. The molecule has 0 aliphatic heterocycles. The van der Waals surface area contributed by atoms with Gasteiger partial charge in [-0.25, -0.2) is 14.2 Å². The lowest BCUT2D eigenvalue weighted by Gasteiger charge is -2.16. The van der Waals surface area contributed by atoms with Gasteiger partial charge >= 0.3 is 5.69 Å². The van der Waals surface area contributed by atoms with Crippen LogP contribution in [-0.4, -0.2) is 24.9 Å². The number of benzene rings is 1. The molecule has 0 bridgehead atoms. The van der Waals surface area contributed by atoms with Gasteiger partial charge in [0.05, 0.1) is 11.2 Å². The number of nitrogens with two attached hydrogens (primary N) is 1. The number of rotatable bonds is 5. The molecule has 1 fully saturated rings. The average Bonchev–Trinajstić information content (AvgIpc) is 3.57. The van der Waals surface area contributed by atoms with Gasteiger partial charge in [-0.05, 0) is 36.8 Å². The van der Waals surface area contributed by atoms with Crippen molar-refractivity contribution in [3.8, 4) is 23.1 Å². The van der Waals surface area contributed by atoms with Crippen molar-refractivity contribution in [3.63, 3.8) is 0 Å². The Labute approximate surface area is 184 Å². The number of nitrogens with one attached hydrogen (secondary N) is 1. The van der Waals surface area contributed by atoms with E-state index in [-0.39, 0.29) is 28.3 Å². The van der Waals surface area contributed by atoms with Crippen LogP contribution in [0.15, 0.2) is 27.9 Å². The van der Waals surface area contributed by atoms with Crippen LogP contribution in [0.4, 0.5) is 10.2 Å². The number of nitrogens with zero attached hydrogens (tertiary/aromatic N) is 3. The number of H-pyrrole nitrogens is 1. The third-order valence-corrected chi connectivity index (χ3v) is 5.71. The molecule has 0 saturated heterocycles. The van der Waals surface area contributed by atoms with Gasteiger partial charge < -0.3 is 15.6 Å². The predicted molar refractivity (Wildman–Crippen MR) is 112 cm³/mol. The molecule has 1 atom stereocenters. The summed E-state index contributed by atoms with van der Waals surface area (Å²) in [5.74, 6) is -1.20. The summed E-state index contributed by atoms with van der Waals surface area (Å²) < 4.78 is 21.2. The van der Waals surface area contributed by atoms with Crippen molar-refractivity contribution < 1.29 is 14.2 Å². The molecule has 4 N–H and O–H groups in total. The molecule has 0 amide bonds. The van der Waals surface area contributed by atoms with Gasteiger partial charge in [0, 0.05) is 5.56 Å². The highest BCUT2D eigenvalue weighted by Crippen LogP contribution is 2.46. The Morgan fingerprint density at radius 1 is 1.35 bits per heavy atom. The number of halogens is 3. The van der Waals surface area contributed by atoms with Gasteiger partial charge in [0.1, 0.15) is 16.5 Å². The maximum atomic E-state index is 15.0. The van der Waals surface area contributed by atoms with Crippen LogP contribution < -0.4 is 21.7 Å². The Morgan fingerprint density at radius 2 is 2.06 bits per heavy atom. The summed E-state index contributed by atoms with van der Waals surface area (Å²) in [5.41, 5.74) is 3.64. The first-order chi connectivity index (χ1) is 14.7. The summed E-state index contributed by atoms with van der Waals surface area (Å²) >= 11 is 12.4. The van der Waals surface area contributed by atoms with E-state index < -0.39 is 33.6 Å². The summed E-state index contributed by atoms with van der Waals surface area (Å²) in [6.45, 7) is 1.98. The predicted octanol–water partition coefficient (Wildman–Crippen LogP) is 3.36. The van der Waals surface area contributed by atoms with E-state index in [9.17, 15) is 19.1 Å². The van der Waals surface area contributed by atoms with Gasteiger partial charge in [0.15, 0.2) is 11.6 Å². The Bertz CT molecular complexity index is 1310. The second-order valence-corrected chi connectivity index (χ2v) is 7.99. The zero-order chi connectivity index (χ0) is 22.4. The monoisotopic (exact) mass is 467 g/mol. The lowest BCUT2D eigenvalue weighted by molar-refractivity contribution is 0.426. The van der Waals surface area contributed by atoms with Gasteiger partial charge in [-0.3, -0.25) is 9.78 Å². The highest BCUT2D eigenvalue weighted by molar-refractivity contribution is 6.37. The number of ether oxygens (including phenoxy) is 1. The van der Waals surface area contributed by atoms with E-state index in [0.717, 1.165) is 18.9 Å². The fourth-order valence-electron chi connectivity index (χ4n) is 3.20. The van der Waals surface area contributed by atoms with E-state index in [1.165, 1.54) is 6.20 Å². The quantitative estimate of drug-likeness (QED) is 0.489. The molecule has 4 rings (SSSR count). The Morgan fingerprint density at radius 3 is 2.74 bits per heavy atom. The molecule has 31 heavy (non-hydrogen) atoms. The second kappa shape index (κ2) is 7.86. The number of pyridine rings is 1.